The lowest BCUT2D eigenvalue weighted by molar-refractivity contribution is -0.0989. The van der Waals surface area contributed by atoms with Gasteiger partial charge >= 0.3 is 0 Å². The van der Waals surface area contributed by atoms with Crippen LogP contribution >= 0.6 is 0 Å². The van der Waals surface area contributed by atoms with E-state index in [2.05, 4.69) is 11.4 Å². The van der Waals surface area contributed by atoms with Gasteiger partial charge < -0.3 is 19.5 Å². The molecule has 0 atom stereocenters. The fraction of sp³-hybridized carbons (Fsp3) is 0.462. The molecule has 0 unspecified atom stereocenters. The number of rotatable bonds is 7. The minimum atomic E-state index is -0.265. The molecule has 0 aliphatic heterocycles. The number of hydrogen-bond acceptors (Lipinski definition) is 5. The van der Waals surface area contributed by atoms with Gasteiger partial charge in [0.05, 0.1) is 12.7 Å². The first-order chi connectivity index (χ1) is 8.74. The average Bonchev–Trinajstić information content (AvgIpc) is 2.43. The Morgan fingerprint density at radius 3 is 2.56 bits per heavy atom. The van der Waals surface area contributed by atoms with Crippen LogP contribution in [0.15, 0.2) is 18.2 Å². The van der Waals surface area contributed by atoms with Crippen molar-refractivity contribution < 1.29 is 14.2 Å². The van der Waals surface area contributed by atoms with Gasteiger partial charge in [0.25, 0.3) is 0 Å². The molecule has 5 nitrogen and oxygen atoms in total. The number of ether oxygens (including phenoxy) is 3. The van der Waals surface area contributed by atoms with Crippen LogP contribution in [0.25, 0.3) is 0 Å². The molecule has 1 aromatic rings. The van der Waals surface area contributed by atoms with Crippen LogP contribution < -0.4 is 10.1 Å². The van der Waals surface area contributed by atoms with Crippen molar-refractivity contribution in [1.29, 1.82) is 5.26 Å². The van der Waals surface area contributed by atoms with Crippen molar-refractivity contribution in [2.45, 2.75) is 12.8 Å². The van der Waals surface area contributed by atoms with Crippen LogP contribution in [0.1, 0.15) is 11.1 Å². The summed E-state index contributed by atoms with van der Waals surface area (Å²) in [7, 11) is 4.74. The molecule has 18 heavy (non-hydrogen) atoms. The second kappa shape index (κ2) is 7.67. The van der Waals surface area contributed by atoms with Gasteiger partial charge in [0.2, 0.25) is 0 Å². The van der Waals surface area contributed by atoms with E-state index in [-0.39, 0.29) is 6.29 Å². The Hall–Kier alpha value is -1.61. The maximum absolute atomic E-state index is 8.97. The maximum Gasteiger partial charge on any atom is 0.169 e. The van der Waals surface area contributed by atoms with Crippen molar-refractivity contribution in [1.82, 2.24) is 5.32 Å². The zero-order chi connectivity index (χ0) is 13.4. The van der Waals surface area contributed by atoms with Crippen molar-refractivity contribution in [3.05, 3.63) is 29.3 Å². The molecule has 1 N–H and O–H groups in total. The van der Waals surface area contributed by atoms with Gasteiger partial charge in [-0.15, -0.1) is 0 Å². The Balaban J connectivity index is 2.56. The summed E-state index contributed by atoms with van der Waals surface area (Å²) in [4.78, 5) is 0. The van der Waals surface area contributed by atoms with Crippen LogP contribution in [0.5, 0.6) is 5.75 Å². The molecular formula is C13H18N2O3. The number of methoxy groups -OCH3 is 3. The molecule has 0 spiro atoms. The van der Waals surface area contributed by atoms with E-state index in [0.717, 1.165) is 5.56 Å². The molecule has 1 aromatic carbocycles. The fourth-order valence-corrected chi connectivity index (χ4v) is 1.55. The van der Waals surface area contributed by atoms with Crippen LogP contribution in [0, 0.1) is 11.3 Å². The molecule has 0 amide bonds. The highest BCUT2D eigenvalue weighted by molar-refractivity contribution is 5.45. The highest BCUT2D eigenvalue weighted by atomic mass is 16.7. The molecule has 0 heterocycles. The predicted octanol–water partition coefficient (Wildman–Crippen LogP) is 1.28. The smallest absolute Gasteiger partial charge is 0.169 e. The lowest BCUT2D eigenvalue weighted by Gasteiger charge is -2.14. The van der Waals surface area contributed by atoms with Gasteiger partial charge in [0.1, 0.15) is 11.8 Å². The summed E-state index contributed by atoms with van der Waals surface area (Å²) in [6, 6.07) is 7.62. The molecule has 5 heteroatoms. The third-order valence-electron chi connectivity index (χ3n) is 2.55. The summed E-state index contributed by atoms with van der Waals surface area (Å²) in [5, 5.41) is 12.2. The molecule has 0 aromatic heterocycles. The first-order valence-electron chi connectivity index (χ1n) is 5.58. The summed E-state index contributed by atoms with van der Waals surface area (Å²) >= 11 is 0. The van der Waals surface area contributed by atoms with E-state index >= 15 is 0 Å². The minimum absolute atomic E-state index is 0.265. The van der Waals surface area contributed by atoms with Gasteiger partial charge in [-0.2, -0.15) is 5.26 Å². The summed E-state index contributed by atoms with van der Waals surface area (Å²) in [6.07, 6.45) is -0.265. The Kier molecular flexibility index (Phi) is 6.15. The highest BCUT2D eigenvalue weighted by Crippen LogP contribution is 2.18. The summed E-state index contributed by atoms with van der Waals surface area (Å²) in [6.45, 7) is 1.23. The van der Waals surface area contributed by atoms with E-state index in [1.807, 2.05) is 6.07 Å². The van der Waals surface area contributed by atoms with Gasteiger partial charge in [-0.25, -0.2) is 0 Å². The quantitative estimate of drug-likeness (QED) is 0.738. The van der Waals surface area contributed by atoms with Crippen LogP contribution in [-0.4, -0.2) is 34.2 Å². The van der Waals surface area contributed by atoms with Gasteiger partial charge in [-0.1, -0.05) is 6.07 Å². The number of nitrogens with one attached hydrogen (secondary N) is 1. The predicted molar refractivity (Wildman–Crippen MR) is 67.2 cm³/mol. The lowest BCUT2D eigenvalue weighted by atomic mass is 10.1. The largest absolute Gasteiger partial charge is 0.495 e. The van der Waals surface area contributed by atoms with Crippen molar-refractivity contribution in [2.24, 2.45) is 0 Å². The van der Waals surface area contributed by atoms with Crippen molar-refractivity contribution in [3.63, 3.8) is 0 Å². The Labute approximate surface area is 107 Å². The average molecular weight is 250 g/mol. The second-order valence-electron chi connectivity index (χ2n) is 3.68. The third-order valence-corrected chi connectivity index (χ3v) is 2.55. The van der Waals surface area contributed by atoms with Crippen LogP contribution in [0.3, 0.4) is 0 Å². The normalized spacial score (nSPS) is 10.4. The van der Waals surface area contributed by atoms with Crippen LogP contribution in [-0.2, 0) is 16.0 Å². The molecule has 0 saturated heterocycles. The first-order valence-corrected chi connectivity index (χ1v) is 5.58. The van der Waals surface area contributed by atoms with E-state index in [1.54, 1.807) is 33.5 Å². The summed E-state index contributed by atoms with van der Waals surface area (Å²) in [5.41, 5.74) is 1.55. The molecule has 98 valence electrons. The fourth-order valence-electron chi connectivity index (χ4n) is 1.55. The van der Waals surface area contributed by atoms with Crippen molar-refractivity contribution in [2.75, 3.05) is 27.9 Å². The zero-order valence-electron chi connectivity index (χ0n) is 10.9. The van der Waals surface area contributed by atoms with E-state index in [0.29, 0.717) is 24.4 Å². The number of nitrogens with zero attached hydrogens (tertiary/aromatic N) is 1. The maximum atomic E-state index is 8.97. The molecule has 0 radical (unpaired) electrons. The van der Waals surface area contributed by atoms with Gasteiger partial charge in [-0.3, -0.25) is 0 Å². The minimum Gasteiger partial charge on any atom is -0.495 e. The Morgan fingerprint density at radius 2 is 2.00 bits per heavy atom. The lowest BCUT2D eigenvalue weighted by Crippen LogP contribution is -2.29. The van der Waals surface area contributed by atoms with E-state index in [4.69, 9.17) is 19.5 Å². The van der Waals surface area contributed by atoms with Crippen molar-refractivity contribution in [3.8, 4) is 11.8 Å². The monoisotopic (exact) mass is 250 g/mol. The molecule has 0 aliphatic carbocycles. The number of nitriles is 1. The molecule has 0 fully saturated rings. The van der Waals surface area contributed by atoms with Gasteiger partial charge in [0, 0.05) is 27.3 Å². The molecule has 1 rings (SSSR count). The van der Waals surface area contributed by atoms with Crippen molar-refractivity contribution >= 4 is 0 Å². The summed E-state index contributed by atoms with van der Waals surface area (Å²) < 4.78 is 15.2. The molecule has 0 saturated carbocycles. The van der Waals surface area contributed by atoms with E-state index in [9.17, 15) is 0 Å². The number of benzene rings is 1. The highest BCUT2D eigenvalue weighted by Gasteiger charge is 2.06. The Bertz CT molecular complexity index is 411. The molecule has 0 aliphatic rings. The SMILES string of the molecule is COc1ccc(CNCC(OC)OC)cc1C#N. The van der Waals surface area contributed by atoms with Gasteiger partial charge in [-0.05, 0) is 17.7 Å². The number of hydrogen-bond donors (Lipinski definition) is 1. The van der Waals surface area contributed by atoms with E-state index < -0.39 is 0 Å². The van der Waals surface area contributed by atoms with E-state index in [1.165, 1.54) is 0 Å². The Morgan fingerprint density at radius 1 is 1.28 bits per heavy atom. The van der Waals surface area contributed by atoms with Crippen LogP contribution in [0.2, 0.25) is 0 Å². The summed E-state index contributed by atoms with van der Waals surface area (Å²) in [5.74, 6) is 0.591. The third kappa shape index (κ3) is 4.00. The first kappa shape index (κ1) is 14.5. The van der Waals surface area contributed by atoms with Gasteiger partial charge in [0.15, 0.2) is 6.29 Å². The second-order valence-corrected chi connectivity index (χ2v) is 3.68. The zero-order valence-corrected chi connectivity index (χ0v) is 10.9. The van der Waals surface area contributed by atoms with Crippen LogP contribution in [0.4, 0.5) is 0 Å². The molecule has 0 bridgehead atoms. The molecular weight excluding hydrogens is 232 g/mol. The topological polar surface area (TPSA) is 63.5 Å². The standard InChI is InChI=1S/C13H18N2O3/c1-16-12-5-4-10(6-11(12)7-14)8-15-9-13(17-2)18-3/h4-6,13,15H,8-9H2,1-3H3.